The van der Waals surface area contributed by atoms with Crippen molar-refractivity contribution in [2.24, 2.45) is 5.92 Å². The molecule has 0 aliphatic carbocycles. The van der Waals surface area contributed by atoms with Crippen molar-refractivity contribution in [1.29, 1.82) is 0 Å². The normalized spacial score (nSPS) is 11.9. The number of nitrogens with one attached hydrogen (secondary N) is 2. The molecule has 2 N–H and O–H groups in total. The van der Waals surface area contributed by atoms with Gasteiger partial charge in [0.25, 0.3) is 11.6 Å². The zero-order valence-electron chi connectivity index (χ0n) is 17.4. The number of benzene rings is 1. The van der Waals surface area contributed by atoms with Crippen molar-refractivity contribution in [3.05, 3.63) is 56.4 Å². The monoisotopic (exact) mass is 435 g/mol. The van der Waals surface area contributed by atoms with Crippen molar-refractivity contribution in [1.82, 2.24) is 20.4 Å². The molecule has 0 bridgehead atoms. The SMILES string of the molecule is Cc1cc(C)n(CCCNC(=O)[C@@H](NC(=O)c2ccc([N+](=O)[O-])cc2Cl)C(C)C)n1. The predicted molar refractivity (Wildman–Crippen MR) is 114 cm³/mol. The Bertz CT molecular complexity index is 941. The number of halogens is 1. The third-order valence-electron chi connectivity index (χ3n) is 4.59. The van der Waals surface area contributed by atoms with Gasteiger partial charge in [-0.1, -0.05) is 25.4 Å². The first-order chi connectivity index (χ1) is 14.1. The van der Waals surface area contributed by atoms with Gasteiger partial charge in [0.2, 0.25) is 5.91 Å². The van der Waals surface area contributed by atoms with Gasteiger partial charge in [0, 0.05) is 30.9 Å². The summed E-state index contributed by atoms with van der Waals surface area (Å²) < 4.78 is 1.89. The van der Waals surface area contributed by atoms with E-state index in [0.29, 0.717) is 19.5 Å². The lowest BCUT2D eigenvalue weighted by molar-refractivity contribution is -0.384. The molecular formula is C20H26ClN5O4. The summed E-state index contributed by atoms with van der Waals surface area (Å²) in [6, 6.07) is 4.81. The zero-order valence-corrected chi connectivity index (χ0v) is 18.2. The second-order valence-corrected chi connectivity index (χ2v) is 7.82. The Morgan fingerprint density at radius 3 is 2.50 bits per heavy atom. The highest BCUT2D eigenvalue weighted by Gasteiger charge is 2.25. The number of rotatable bonds is 9. The standard InChI is InChI=1S/C20H26ClN5O4/c1-12(2)18(20(28)22-8-5-9-25-14(4)10-13(3)24-25)23-19(27)16-7-6-15(26(29)30)11-17(16)21/h6-7,10-12,18H,5,8-9H2,1-4H3,(H,22,28)(H,23,27)/t18-/m0/s1. The highest BCUT2D eigenvalue weighted by Crippen LogP contribution is 2.22. The molecule has 2 aromatic rings. The third-order valence-corrected chi connectivity index (χ3v) is 4.91. The molecule has 0 unspecified atom stereocenters. The van der Waals surface area contributed by atoms with E-state index >= 15 is 0 Å². The lowest BCUT2D eigenvalue weighted by Crippen LogP contribution is -2.50. The minimum atomic E-state index is -0.766. The average molecular weight is 436 g/mol. The maximum Gasteiger partial charge on any atom is 0.270 e. The van der Waals surface area contributed by atoms with Crippen molar-refractivity contribution < 1.29 is 14.5 Å². The molecule has 30 heavy (non-hydrogen) atoms. The first kappa shape index (κ1) is 23.3. The largest absolute Gasteiger partial charge is 0.354 e. The quantitative estimate of drug-likeness (QED) is 0.356. The van der Waals surface area contributed by atoms with Gasteiger partial charge in [-0.25, -0.2) is 0 Å². The van der Waals surface area contributed by atoms with Crippen LogP contribution >= 0.6 is 11.6 Å². The molecule has 10 heteroatoms. The molecule has 2 rings (SSSR count). The van der Waals surface area contributed by atoms with Crippen LogP contribution in [0, 0.1) is 29.9 Å². The van der Waals surface area contributed by atoms with Crippen LogP contribution in [-0.2, 0) is 11.3 Å². The highest BCUT2D eigenvalue weighted by atomic mass is 35.5. The summed E-state index contributed by atoms with van der Waals surface area (Å²) in [4.78, 5) is 35.4. The number of carbonyl (C=O) groups excluding carboxylic acids is 2. The smallest absolute Gasteiger partial charge is 0.270 e. The fourth-order valence-corrected chi connectivity index (χ4v) is 3.27. The van der Waals surface area contributed by atoms with Crippen LogP contribution < -0.4 is 10.6 Å². The van der Waals surface area contributed by atoms with E-state index in [1.54, 1.807) is 0 Å². The van der Waals surface area contributed by atoms with E-state index in [4.69, 9.17) is 11.6 Å². The molecule has 0 spiro atoms. The van der Waals surface area contributed by atoms with Crippen LogP contribution in [0.4, 0.5) is 5.69 Å². The van der Waals surface area contributed by atoms with Crippen molar-refractivity contribution in [2.45, 2.75) is 46.7 Å². The van der Waals surface area contributed by atoms with E-state index < -0.39 is 16.9 Å². The van der Waals surface area contributed by atoms with E-state index in [2.05, 4.69) is 15.7 Å². The van der Waals surface area contributed by atoms with Gasteiger partial charge in [-0.3, -0.25) is 24.4 Å². The predicted octanol–water partition coefficient (Wildman–Crippen LogP) is 3.02. The van der Waals surface area contributed by atoms with Gasteiger partial charge in [-0.15, -0.1) is 0 Å². The summed E-state index contributed by atoms with van der Waals surface area (Å²) in [7, 11) is 0. The summed E-state index contributed by atoms with van der Waals surface area (Å²) in [6.07, 6.45) is 0.695. The Balaban J connectivity index is 1.94. The maximum absolute atomic E-state index is 12.6. The molecular weight excluding hydrogens is 410 g/mol. The number of hydrogen-bond donors (Lipinski definition) is 2. The Labute approximate surface area is 179 Å². The van der Waals surface area contributed by atoms with E-state index in [0.717, 1.165) is 17.5 Å². The Hall–Kier alpha value is -2.94. The molecule has 1 aromatic carbocycles. The van der Waals surface area contributed by atoms with Crippen LogP contribution in [0.2, 0.25) is 5.02 Å². The van der Waals surface area contributed by atoms with Gasteiger partial charge in [0.15, 0.2) is 0 Å². The molecule has 0 saturated carbocycles. The topological polar surface area (TPSA) is 119 Å². The first-order valence-corrected chi connectivity index (χ1v) is 10.0. The minimum absolute atomic E-state index is 0.0468. The van der Waals surface area contributed by atoms with Crippen LogP contribution in [0.25, 0.3) is 0 Å². The summed E-state index contributed by atoms with van der Waals surface area (Å²) in [5, 5.41) is 20.7. The summed E-state index contributed by atoms with van der Waals surface area (Å²) in [6.45, 7) is 8.66. The van der Waals surface area contributed by atoms with Gasteiger partial charge >= 0.3 is 0 Å². The van der Waals surface area contributed by atoms with Crippen molar-refractivity contribution in [2.75, 3.05) is 6.54 Å². The van der Waals surface area contributed by atoms with E-state index in [1.807, 2.05) is 38.4 Å². The second kappa shape index (κ2) is 10.2. The van der Waals surface area contributed by atoms with Crippen LogP contribution in [-0.4, -0.2) is 39.1 Å². The van der Waals surface area contributed by atoms with Gasteiger partial charge in [-0.05, 0) is 38.3 Å². The Morgan fingerprint density at radius 1 is 1.27 bits per heavy atom. The number of aryl methyl sites for hydroxylation is 3. The van der Waals surface area contributed by atoms with Crippen LogP contribution in [0.1, 0.15) is 42.0 Å². The Morgan fingerprint density at radius 2 is 1.97 bits per heavy atom. The van der Waals surface area contributed by atoms with Gasteiger partial charge in [-0.2, -0.15) is 5.10 Å². The number of carbonyl (C=O) groups is 2. The molecule has 1 atom stereocenters. The number of hydrogen-bond acceptors (Lipinski definition) is 5. The van der Waals surface area contributed by atoms with Crippen molar-refractivity contribution in [3.8, 4) is 0 Å². The molecule has 0 radical (unpaired) electrons. The van der Waals surface area contributed by atoms with Crippen LogP contribution in [0.5, 0.6) is 0 Å². The van der Waals surface area contributed by atoms with E-state index in [-0.39, 0.29) is 28.1 Å². The highest BCUT2D eigenvalue weighted by molar-refractivity contribution is 6.34. The summed E-state index contributed by atoms with van der Waals surface area (Å²) in [5.74, 6) is -1.03. The van der Waals surface area contributed by atoms with Crippen LogP contribution in [0.15, 0.2) is 24.3 Å². The molecule has 162 valence electrons. The maximum atomic E-state index is 12.6. The molecule has 0 saturated heterocycles. The van der Waals surface area contributed by atoms with Gasteiger partial charge < -0.3 is 10.6 Å². The van der Waals surface area contributed by atoms with Crippen molar-refractivity contribution in [3.63, 3.8) is 0 Å². The van der Waals surface area contributed by atoms with E-state index in [9.17, 15) is 19.7 Å². The molecule has 0 aliphatic rings. The molecule has 2 amide bonds. The summed E-state index contributed by atoms with van der Waals surface area (Å²) >= 11 is 6.01. The van der Waals surface area contributed by atoms with Gasteiger partial charge in [0.05, 0.1) is 21.2 Å². The average Bonchev–Trinajstić information content (AvgIpc) is 2.99. The Kier molecular flexibility index (Phi) is 7.93. The fraction of sp³-hybridized carbons (Fsp3) is 0.450. The molecule has 9 nitrogen and oxygen atoms in total. The minimum Gasteiger partial charge on any atom is -0.354 e. The number of nitro groups is 1. The zero-order chi connectivity index (χ0) is 22.4. The fourth-order valence-electron chi connectivity index (χ4n) is 3.01. The van der Waals surface area contributed by atoms with Crippen LogP contribution in [0.3, 0.4) is 0 Å². The second-order valence-electron chi connectivity index (χ2n) is 7.41. The number of nitro benzene ring substituents is 1. The van der Waals surface area contributed by atoms with Crippen molar-refractivity contribution >= 4 is 29.1 Å². The lowest BCUT2D eigenvalue weighted by Gasteiger charge is -2.22. The molecule has 1 heterocycles. The third kappa shape index (κ3) is 6.03. The molecule has 1 aromatic heterocycles. The number of nitrogens with zero attached hydrogens (tertiary/aromatic N) is 3. The summed E-state index contributed by atoms with van der Waals surface area (Å²) in [5.41, 5.74) is 1.87. The lowest BCUT2D eigenvalue weighted by atomic mass is 10.0. The number of non-ortho nitro benzene ring substituents is 1. The van der Waals surface area contributed by atoms with Gasteiger partial charge in [0.1, 0.15) is 6.04 Å². The first-order valence-electron chi connectivity index (χ1n) is 9.63. The molecule has 0 fully saturated rings. The van der Waals surface area contributed by atoms with E-state index in [1.165, 1.54) is 12.1 Å². The number of aromatic nitrogens is 2. The number of amides is 2. The molecule has 0 aliphatic heterocycles.